The number of nitrogens with one attached hydrogen (secondary N) is 1. The maximum Gasteiger partial charge on any atom is 0.150 e. The van der Waals surface area contributed by atoms with Crippen LogP contribution in [-0.2, 0) is 4.79 Å². The largest absolute Gasteiger partial charge is 0.346 e. The molecule has 4 rings (SSSR count). The topological polar surface area (TPSA) is 87.4 Å². The molecular weight excluding hydrogens is 266 g/mol. The number of fused-ring (bicyclic) bond motifs is 3. The third-order valence-corrected chi connectivity index (χ3v) is 4.33. The number of hydrogen-bond donors (Lipinski definition) is 1. The number of pyridine rings is 1. The average Bonchev–Trinajstić information content (AvgIpc) is 3.02. The Bertz CT molecular complexity index is 878. The molecule has 6 heteroatoms. The highest BCUT2D eigenvalue weighted by Crippen LogP contribution is 2.41. The summed E-state index contributed by atoms with van der Waals surface area (Å²) in [5, 5.41) is 9.65. The van der Waals surface area contributed by atoms with Gasteiger partial charge >= 0.3 is 0 Å². The molecule has 21 heavy (non-hydrogen) atoms. The SMILES string of the molecule is N#CCC(=O)C1CC(n2cnc3cnc4[nH]ccc4c32)C1. The van der Waals surface area contributed by atoms with E-state index in [-0.39, 0.29) is 24.2 Å². The Hall–Kier alpha value is -2.68. The molecule has 0 aliphatic heterocycles. The zero-order chi connectivity index (χ0) is 14.4. The van der Waals surface area contributed by atoms with E-state index in [9.17, 15) is 4.79 Å². The van der Waals surface area contributed by atoms with Crippen molar-refractivity contribution in [2.24, 2.45) is 5.92 Å². The minimum atomic E-state index is 0.0219. The molecule has 1 aliphatic carbocycles. The molecule has 3 heterocycles. The van der Waals surface area contributed by atoms with Crippen molar-refractivity contribution < 1.29 is 4.79 Å². The molecule has 0 unspecified atom stereocenters. The van der Waals surface area contributed by atoms with E-state index in [0.29, 0.717) is 0 Å². The number of nitriles is 1. The van der Waals surface area contributed by atoms with Gasteiger partial charge in [0.15, 0.2) is 0 Å². The van der Waals surface area contributed by atoms with Gasteiger partial charge in [0.1, 0.15) is 16.9 Å². The molecule has 1 saturated carbocycles. The molecule has 0 saturated heterocycles. The molecule has 0 aromatic carbocycles. The molecule has 0 atom stereocenters. The number of aromatic amines is 1. The third-order valence-electron chi connectivity index (χ3n) is 4.33. The fraction of sp³-hybridized carbons (Fsp3) is 0.333. The van der Waals surface area contributed by atoms with E-state index in [1.54, 1.807) is 6.20 Å². The van der Waals surface area contributed by atoms with E-state index in [4.69, 9.17) is 5.26 Å². The number of ketones is 1. The third kappa shape index (κ3) is 1.74. The van der Waals surface area contributed by atoms with Gasteiger partial charge in [0.2, 0.25) is 0 Å². The smallest absolute Gasteiger partial charge is 0.150 e. The van der Waals surface area contributed by atoms with E-state index in [2.05, 4.69) is 19.5 Å². The number of hydrogen-bond acceptors (Lipinski definition) is 4. The first-order valence-electron chi connectivity index (χ1n) is 6.96. The molecule has 1 N–H and O–H groups in total. The molecule has 1 aliphatic rings. The number of carbonyl (C=O) groups excluding carboxylic acids is 1. The lowest BCUT2D eigenvalue weighted by atomic mass is 9.76. The predicted molar refractivity (Wildman–Crippen MR) is 76.4 cm³/mol. The summed E-state index contributed by atoms with van der Waals surface area (Å²) in [5.74, 6) is 0.0854. The van der Waals surface area contributed by atoms with Crippen LogP contribution in [0.4, 0.5) is 0 Å². The van der Waals surface area contributed by atoms with Gasteiger partial charge < -0.3 is 9.55 Å². The van der Waals surface area contributed by atoms with Crippen molar-refractivity contribution in [2.45, 2.75) is 25.3 Å². The first-order valence-corrected chi connectivity index (χ1v) is 6.96. The van der Waals surface area contributed by atoms with Crippen LogP contribution in [0.15, 0.2) is 24.8 Å². The normalized spacial score (nSPS) is 21.3. The molecule has 6 nitrogen and oxygen atoms in total. The Morgan fingerprint density at radius 3 is 3.14 bits per heavy atom. The summed E-state index contributed by atoms with van der Waals surface area (Å²) in [6.07, 6.45) is 7.07. The van der Waals surface area contributed by atoms with Gasteiger partial charge in [0, 0.05) is 23.5 Å². The second-order valence-corrected chi connectivity index (χ2v) is 5.51. The highest BCUT2D eigenvalue weighted by Gasteiger charge is 2.35. The van der Waals surface area contributed by atoms with Crippen LogP contribution in [0.1, 0.15) is 25.3 Å². The van der Waals surface area contributed by atoms with Crippen molar-refractivity contribution >= 4 is 27.9 Å². The maximum atomic E-state index is 11.7. The van der Waals surface area contributed by atoms with Crippen molar-refractivity contribution in [1.82, 2.24) is 19.5 Å². The Balaban J connectivity index is 1.68. The van der Waals surface area contributed by atoms with Crippen LogP contribution in [0.5, 0.6) is 0 Å². The van der Waals surface area contributed by atoms with Crippen molar-refractivity contribution in [3.05, 3.63) is 24.8 Å². The minimum absolute atomic E-state index is 0.0219. The lowest BCUT2D eigenvalue weighted by Crippen LogP contribution is -2.32. The minimum Gasteiger partial charge on any atom is -0.346 e. The summed E-state index contributed by atoms with van der Waals surface area (Å²) in [6, 6.07) is 4.22. The zero-order valence-corrected chi connectivity index (χ0v) is 11.3. The van der Waals surface area contributed by atoms with Gasteiger partial charge in [0.25, 0.3) is 0 Å². The molecule has 3 aromatic heterocycles. The second-order valence-electron chi connectivity index (χ2n) is 5.51. The Morgan fingerprint density at radius 2 is 2.33 bits per heavy atom. The number of aromatic nitrogens is 4. The van der Waals surface area contributed by atoms with Crippen LogP contribution in [0.3, 0.4) is 0 Å². The van der Waals surface area contributed by atoms with Gasteiger partial charge in [-0.15, -0.1) is 0 Å². The molecule has 0 amide bonds. The lowest BCUT2D eigenvalue weighted by Gasteiger charge is -2.35. The van der Waals surface area contributed by atoms with Crippen molar-refractivity contribution in [3.8, 4) is 6.07 Å². The number of H-pyrrole nitrogens is 1. The number of Topliss-reactive ketones (excluding diaryl/α,β-unsaturated/α-hetero) is 1. The summed E-state index contributed by atoms with van der Waals surface area (Å²) in [6.45, 7) is 0. The van der Waals surface area contributed by atoms with Gasteiger partial charge in [-0.2, -0.15) is 5.26 Å². The summed E-state index contributed by atoms with van der Waals surface area (Å²) < 4.78 is 2.14. The number of nitrogens with zero attached hydrogens (tertiary/aromatic N) is 4. The fourth-order valence-corrected chi connectivity index (χ4v) is 3.11. The Kier molecular flexibility index (Phi) is 2.54. The van der Waals surface area contributed by atoms with E-state index in [1.165, 1.54) is 0 Å². The van der Waals surface area contributed by atoms with Crippen LogP contribution in [0.2, 0.25) is 0 Å². The predicted octanol–water partition coefficient (Wildman–Crippen LogP) is 2.35. The lowest BCUT2D eigenvalue weighted by molar-refractivity contribution is -0.125. The first-order chi connectivity index (χ1) is 10.3. The first kappa shape index (κ1) is 12.1. The van der Waals surface area contributed by atoms with Gasteiger partial charge in [-0.25, -0.2) is 9.97 Å². The maximum absolute atomic E-state index is 11.7. The Labute approximate surface area is 120 Å². The highest BCUT2D eigenvalue weighted by atomic mass is 16.1. The summed E-state index contributed by atoms with van der Waals surface area (Å²) in [5.41, 5.74) is 2.78. The molecule has 0 spiro atoms. The molecule has 0 bridgehead atoms. The summed E-state index contributed by atoms with van der Waals surface area (Å²) in [7, 11) is 0. The number of imidazole rings is 1. The van der Waals surface area contributed by atoms with Gasteiger partial charge in [-0.05, 0) is 18.9 Å². The van der Waals surface area contributed by atoms with Crippen molar-refractivity contribution in [3.63, 3.8) is 0 Å². The summed E-state index contributed by atoms with van der Waals surface area (Å²) in [4.78, 5) is 23.6. The van der Waals surface area contributed by atoms with Crippen LogP contribution in [-0.4, -0.2) is 25.3 Å². The Morgan fingerprint density at radius 1 is 1.48 bits per heavy atom. The molecule has 0 radical (unpaired) electrons. The summed E-state index contributed by atoms with van der Waals surface area (Å²) >= 11 is 0. The van der Waals surface area contributed by atoms with E-state index < -0.39 is 0 Å². The molecule has 104 valence electrons. The second kappa shape index (κ2) is 4.42. The van der Waals surface area contributed by atoms with Crippen molar-refractivity contribution in [2.75, 3.05) is 0 Å². The standard InChI is InChI=1S/C15H13N5O/c16-3-1-13(21)9-5-10(6-9)20-8-19-12-7-18-15-11(14(12)20)2-4-17-15/h2,4,7-10H,1,5-6H2,(H,17,18). The molecule has 3 aromatic rings. The van der Waals surface area contributed by atoms with E-state index in [0.717, 1.165) is 34.9 Å². The fourth-order valence-electron chi connectivity index (χ4n) is 3.11. The quantitative estimate of drug-likeness (QED) is 0.797. The van der Waals surface area contributed by atoms with E-state index in [1.807, 2.05) is 24.7 Å². The highest BCUT2D eigenvalue weighted by molar-refractivity contribution is 6.01. The van der Waals surface area contributed by atoms with Gasteiger partial charge in [-0.3, -0.25) is 4.79 Å². The molecular formula is C15H13N5O. The van der Waals surface area contributed by atoms with Crippen molar-refractivity contribution in [1.29, 1.82) is 5.26 Å². The monoisotopic (exact) mass is 279 g/mol. The van der Waals surface area contributed by atoms with Crippen LogP contribution in [0.25, 0.3) is 22.1 Å². The zero-order valence-electron chi connectivity index (χ0n) is 11.3. The van der Waals surface area contributed by atoms with Crippen LogP contribution in [0, 0.1) is 17.2 Å². The molecule has 1 fully saturated rings. The van der Waals surface area contributed by atoms with E-state index >= 15 is 0 Å². The number of rotatable bonds is 3. The number of carbonyl (C=O) groups is 1. The van der Waals surface area contributed by atoms with Crippen LogP contribution >= 0.6 is 0 Å². The van der Waals surface area contributed by atoms with Gasteiger partial charge in [0.05, 0.1) is 30.5 Å². The average molecular weight is 279 g/mol. The van der Waals surface area contributed by atoms with Gasteiger partial charge in [-0.1, -0.05) is 0 Å². The van der Waals surface area contributed by atoms with Crippen LogP contribution < -0.4 is 0 Å².